The number of ether oxygens (including phenoxy) is 2. The van der Waals surface area contributed by atoms with E-state index in [1.807, 2.05) is 57.5 Å². The van der Waals surface area contributed by atoms with Crippen molar-refractivity contribution in [1.29, 1.82) is 0 Å². The van der Waals surface area contributed by atoms with Crippen molar-refractivity contribution < 1.29 is 19.1 Å². The van der Waals surface area contributed by atoms with Crippen LogP contribution in [0.25, 0.3) is 41.4 Å². The van der Waals surface area contributed by atoms with Gasteiger partial charge in [0.15, 0.2) is 0 Å². The summed E-state index contributed by atoms with van der Waals surface area (Å²) in [6.45, 7) is 17.0. The molecule has 1 aromatic carbocycles. The minimum atomic E-state index is -0.550. The van der Waals surface area contributed by atoms with Gasteiger partial charge in [-0.3, -0.25) is 9.80 Å². The van der Waals surface area contributed by atoms with E-state index in [0.717, 1.165) is 51.7 Å². The topological polar surface area (TPSA) is 116 Å². The van der Waals surface area contributed by atoms with Crippen molar-refractivity contribution in [3.05, 3.63) is 48.2 Å². The number of hydrogen-bond acceptors (Lipinski definition) is 8. The molecule has 5 aromatic rings. The molecule has 2 saturated heterocycles. The second kappa shape index (κ2) is 11.9. The fourth-order valence-corrected chi connectivity index (χ4v) is 9.08. The summed E-state index contributed by atoms with van der Waals surface area (Å²) in [6.07, 6.45) is 3.05. The number of aromatic amines is 2. The summed E-state index contributed by atoms with van der Waals surface area (Å²) in [6, 6.07) is 10.5. The standard InChI is InChI=1S/C36H44N6O4S2/c1-19-11-25(41(17-19)33(43)45-35(3,4)5)31-37-16-24(40-31)28-15-30-29(48-28)14-27(47-30)21-9-10-22-23(13-21)39-32(38-22)26-12-20(2)18-42(26)34(44)46-36(6,7)8/h9-10,13-16,19-20,25-26H,11-12,17-18H2,1-8H3,(H,37,40)(H,38,39)/t19-,20-,25-,26-/m0/s1. The van der Waals surface area contributed by atoms with E-state index in [-0.39, 0.29) is 24.3 Å². The molecule has 0 unspecified atom stereocenters. The Morgan fingerprint density at radius 3 is 1.96 bits per heavy atom. The molecule has 2 amide bonds. The number of nitrogens with zero attached hydrogens (tertiary/aromatic N) is 4. The number of amides is 2. The minimum absolute atomic E-state index is 0.133. The van der Waals surface area contributed by atoms with Crippen LogP contribution in [0, 0.1) is 11.8 Å². The highest BCUT2D eigenvalue weighted by molar-refractivity contribution is 7.31. The Balaban J connectivity index is 1.09. The molecular weight excluding hydrogens is 645 g/mol. The SMILES string of the molecule is C[C@H]1C[C@@H](c2nc(-c3cc4sc(-c5ccc6[nH]c([C@@H]7C[C@H](C)CN7C(=O)OC(C)(C)C)nc6c5)cc4s3)c[nH]2)N(C(=O)OC(C)(C)C)C1. The van der Waals surface area contributed by atoms with Gasteiger partial charge in [-0.15, -0.1) is 22.7 Å². The van der Waals surface area contributed by atoms with Crippen LogP contribution < -0.4 is 0 Å². The van der Waals surface area contributed by atoms with Crippen molar-refractivity contribution in [2.45, 2.75) is 91.5 Å². The van der Waals surface area contributed by atoms with E-state index in [4.69, 9.17) is 19.4 Å². The highest BCUT2D eigenvalue weighted by Gasteiger charge is 2.39. The maximum absolute atomic E-state index is 13.0. The van der Waals surface area contributed by atoms with Crippen LogP contribution in [0.1, 0.15) is 92.0 Å². The number of likely N-dealkylation sites (tertiary alicyclic amines) is 2. The Morgan fingerprint density at radius 1 is 0.792 bits per heavy atom. The number of fused-ring (bicyclic) bond motifs is 2. The Kier molecular flexibility index (Phi) is 8.10. The fraction of sp³-hybridized carbons (Fsp3) is 0.500. The lowest BCUT2D eigenvalue weighted by molar-refractivity contribution is 0.0204. The quantitative estimate of drug-likeness (QED) is 0.194. The molecule has 2 aliphatic heterocycles. The summed E-state index contributed by atoms with van der Waals surface area (Å²) in [5.74, 6) is 2.33. The van der Waals surface area contributed by atoms with Gasteiger partial charge in [0, 0.05) is 33.6 Å². The predicted octanol–water partition coefficient (Wildman–Crippen LogP) is 9.53. The number of carbonyl (C=O) groups is 2. The maximum atomic E-state index is 13.0. The molecule has 4 aromatic heterocycles. The lowest BCUT2D eigenvalue weighted by Gasteiger charge is -2.27. The Bertz CT molecular complexity index is 1960. The lowest BCUT2D eigenvalue weighted by atomic mass is 10.1. The number of carbonyl (C=O) groups excluding carboxylic acids is 2. The van der Waals surface area contributed by atoms with Crippen LogP contribution in [0.2, 0.25) is 0 Å². The predicted molar refractivity (Wildman–Crippen MR) is 191 cm³/mol. The van der Waals surface area contributed by atoms with E-state index in [1.54, 1.807) is 22.7 Å². The van der Waals surface area contributed by atoms with Gasteiger partial charge in [0.1, 0.15) is 22.9 Å². The van der Waals surface area contributed by atoms with Crippen LogP contribution in [0.4, 0.5) is 9.59 Å². The molecule has 48 heavy (non-hydrogen) atoms. The van der Waals surface area contributed by atoms with Crippen molar-refractivity contribution in [3.63, 3.8) is 0 Å². The summed E-state index contributed by atoms with van der Waals surface area (Å²) in [5, 5.41) is 0. The summed E-state index contributed by atoms with van der Waals surface area (Å²) < 4.78 is 13.8. The molecule has 0 bridgehead atoms. The average Bonchev–Trinajstić information content (AvgIpc) is 3.80. The van der Waals surface area contributed by atoms with Crippen LogP contribution >= 0.6 is 22.7 Å². The maximum Gasteiger partial charge on any atom is 0.410 e. The van der Waals surface area contributed by atoms with Gasteiger partial charge in [-0.1, -0.05) is 19.9 Å². The average molecular weight is 689 g/mol. The molecule has 2 aliphatic rings. The lowest BCUT2D eigenvalue weighted by Crippen LogP contribution is -2.37. The fourth-order valence-electron chi connectivity index (χ4n) is 6.73. The zero-order chi connectivity index (χ0) is 34.1. The first-order valence-electron chi connectivity index (χ1n) is 16.7. The van der Waals surface area contributed by atoms with Gasteiger partial charge >= 0.3 is 12.2 Å². The van der Waals surface area contributed by atoms with Gasteiger partial charge in [0.25, 0.3) is 0 Å². The number of thiophene rings is 2. The van der Waals surface area contributed by atoms with E-state index < -0.39 is 11.2 Å². The molecule has 0 saturated carbocycles. The zero-order valence-corrected chi connectivity index (χ0v) is 30.5. The Hall–Kier alpha value is -3.90. The van der Waals surface area contributed by atoms with Crippen molar-refractivity contribution in [3.8, 4) is 21.0 Å². The van der Waals surface area contributed by atoms with Crippen LogP contribution in [0.5, 0.6) is 0 Å². The monoisotopic (exact) mass is 688 g/mol. The van der Waals surface area contributed by atoms with Crippen molar-refractivity contribution in [2.75, 3.05) is 13.1 Å². The molecule has 254 valence electrons. The molecule has 0 spiro atoms. The van der Waals surface area contributed by atoms with Crippen LogP contribution in [-0.4, -0.2) is 66.2 Å². The van der Waals surface area contributed by atoms with Crippen LogP contribution in [0.15, 0.2) is 36.5 Å². The van der Waals surface area contributed by atoms with Crippen molar-refractivity contribution in [1.82, 2.24) is 29.7 Å². The summed E-state index contributed by atoms with van der Waals surface area (Å²) in [4.78, 5) is 48.6. The van der Waals surface area contributed by atoms with E-state index in [0.29, 0.717) is 24.9 Å². The Labute approximate surface area is 288 Å². The third-order valence-corrected chi connectivity index (χ3v) is 11.1. The highest BCUT2D eigenvalue weighted by Crippen LogP contribution is 2.43. The minimum Gasteiger partial charge on any atom is -0.444 e. The highest BCUT2D eigenvalue weighted by atomic mass is 32.1. The van der Waals surface area contributed by atoms with Crippen LogP contribution in [-0.2, 0) is 9.47 Å². The zero-order valence-electron chi connectivity index (χ0n) is 28.8. The molecule has 2 fully saturated rings. The number of aromatic nitrogens is 4. The smallest absolute Gasteiger partial charge is 0.410 e. The summed E-state index contributed by atoms with van der Waals surface area (Å²) >= 11 is 3.47. The number of benzene rings is 1. The first-order valence-corrected chi connectivity index (χ1v) is 18.3. The number of hydrogen-bond donors (Lipinski definition) is 2. The summed E-state index contributed by atoms with van der Waals surface area (Å²) in [7, 11) is 0. The van der Waals surface area contributed by atoms with Gasteiger partial charge < -0.3 is 19.4 Å². The Morgan fingerprint density at radius 2 is 1.35 bits per heavy atom. The number of rotatable bonds is 4. The van der Waals surface area contributed by atoms with Gasteiger partial charge in [0.05, 0.1) is 33.7 Å². The first kappa shape index (κ1) is 32.6. The van der Waals surface area contributed by atoms with E-state index in [1.165, 1.54) is 14.3 Å². The molecule has 10 nitrogen and oxygen atoms in total. The van der Waals surface area contributed by atoms with E-state index in [9.17, 15) is 9.59 Å². The second-order valence-electron chi connectivity index (χ2n) is 15.5. The van der Waals surface area contributed by atoms with E-state index >= 15 is 0 Å². The second-order valence-corrected chi connectivity index (χ2v) is 17.6. The van der Waals surface area contributed by atoms with Gasteiger partial charge in [-0.05, 0) is 96.0 Å². The molecule has 4 atom stereocenters. The molecule has 12 heteroatoms. The molecule has 7 rings (SSSR count). The number of H-pyrrole nitrogens is 2. The molecule has 2 N–H and O–H groups in total. The first-order chi connectivity index (χ1) is 22.6. The van der Waals surface area contributed by atoms with Crippen molar-refractivity contribution in [2.24, 2.45) is 11.8 Å². The normalized spacial score (nSPS) is 21.9. The van der Waals surface area contributed by atoms with Gasteiger partial charge in [0.2, 0.25) is 0 Å². The third-order valence-electron chi connectivity index (χ3n) is 8.75. The van der Waals surface area contributed by atoms with Crippen LogP contribution in [0.3, 0.4) is 0 Å². The molecule has 6 heterocycles. The molecular formula is C36H44N6O4S2. The summed E-state index contributed by atoms with van der Waals surface area (Å²) in [5.41, 5.74) is 2.74. The van der Waals surface area contributed by atoms with Gasteiger partial charge in [-0.25, -0.2) is 19.6 Å². The van der Waals surface area contributed by atoms with Crippen molar-refractivity contribution >= 4 is 55.3 Å². The van der Waals surface area contributed by atoms with E-state index in [2.05, 4.69) is 54.1 Å². The third kappa shape index (κ3) is 6.56. The molecule has 0 radical (unpaired) electrons. The number of imidazole rings is 2. The molecule has 0 aliphatic carbocycles. The largest absolute Gasteiger partial charge is 0.444 e. The number of nitrogens with one attached hydrogen (secondary N) is 2. The van der Waals surface area contributed by atoms with Gasteiger partial charge in [-0.2, -0.15) is 0 Å².